The summed E-state index contributed by atoms with van der Waals surface area (Å²) in [6.45, 7) is -0.195. The predicted octanol–water partition coefficient (Wildman–Crippen LogP) is 1.83. The minimum Gasteiger partial charge on any atom is -0.392 e. The van der Waals surface area contributed by atoms with Crippen LogP contribution in [0.15, 0.2) is 53.4 Å². The van der Waals surface area contributed by atoms with E-state index in [1.165, 1.54) is 24.3 Å². The third-order valence-electron chi connectivity index (χ3n) is 2.96. The molecule has 21 heavy (non-hydrogen) atoms. The number of sulfone groups is 1. The first-order valence-corrected chi connectivity index (χ1v) is 8.11. The van der Waals surface area contributed by atoms with E-state index in [2.05, 4.69) is 5.32 Å². The van der Waals surface area contributed by atoms with Gasteiger partial charge in [0.05, 0.1) is 11.5 Å². The Morgan fingerprint density at radius 3 is 2.52 bits per heavy atom. The summed E-state index contributed by atoms with van der Waals surface area (Å²) in [6, 6.07) is 12.7. The lowest BCUT2D eigenvalue weighted by Gasteiger charge is -2.09. The number of benzene rings is 2. The number of carbonyl (C=O) groups is 1. The van der Waals surface area contributed by atoms with Crippen LogP contribution < -0.4 is 5.32 Å². The molecule has 6 heteroatoms. The molecule has 0 spiro atoms. The number of hydrogen-bond acceptors (Lipinski definition) is 4. The van der Waals surface area contributed by atoms with Crippen LogP contribution in [0.3, 0.4) is 0 Å². The second-order valence-electron chi connectivity index (χ2n) is 4.57. The quantitative estimate of drug-likeness (QED) is 0.902. The van der Waals surface area contributed by atoms with E-state index in [1.54, 1.807) is 24.3 Å². The molecule has 0 aliphatic rings. The Labute approximate surface area is 123 Å². The van der Waals surface area contributed by atoms with Gasteiger partial charge in [-0.1, -0.05) is 24.3 Å². The minimum atomic E-state index is -3.36. The molecule has 5 nitrogen and oxygen atoms in total. The summed E-state index contributed by atoms with van der Waals surface area (Å²) in [4.78, 5) is 12.3. The van der Waals surface area contributed by atoms with Crippen molar-refractivity contribution >= 4 is 21.4 Å². The van der Waals surface area contributed by atoms with Crippen molar-refractivity contribution < 1.29 is 18.3 Å². The maximum atomic E-state index is 12.2. The van der Waals surface area contributed by atoms with Gasteiger partial charge in [-0.2, -0.15) is 0 Å². The molecule has 0 radical (unpaired) electrons. The average Bonchev–Trinajstić information content (AvgIpc) is 2.47. The first kappa shape index (κ1) is 15.2. The Morgan fingerprint density at radius 2 is 1.86 bits per heavy atom. The Hall–Kier alpha value is -2.18. The molecule has 0 bridgehead atoms. The van der Waals surface area contributed by atoms with Gasteiger partial charge in [0.1, 0.15) is 0 Å². The van der Waals surface area contributed by atoms with Crippen LogP contribution in [0.5, 0.6) is 0 Å². The van der Waals surface area contributed by atoms with Gasteiger partial charge in [-0.15, -0.1) is 0 Å². The van der Waals surface area contributed by atoms with Gasteiger partial charge in [0, 0.05) is 23.1 Å². The summed E-state index contributed by atoms with van der Waals surface area (Å²) >= 11 is 0. The zero-order chi connectivity index (χ0) is 15.5. The molecule has 0 atom stereocenters. The number of carbonyl (C=O) groups excluding carboxylic acids is 1. The second kappa shape index (κ2) is 6.07. The van der Waals surface area contributed by atoms with Crippen LogP contribution in [-0.2, 0) is 16.4 Å². The van der Waals surface area contributed by atoms with E-state index < -0.39 is 15.7 Å². The highest BCUT2D eigenvalue weighted by Gasteiger charge is 2.12. The predicted molar refractivity (Wildman–Crippen MR) is 79.9 cm³/mol. The van der Waals surface area contributed by atoms with E-state index in [9.17, 15) is 18.3 Å². The van der Waals surface area contributed by atoms with Crippen LogP contribution in [-0.4, -0.2) is 25.7 Å². The highest BCUT2D eigenvalue weighted by molar-refractivity contribution is 7.90. The van der Waals surface area contributed by atoms with Gasteiger partial charge in [-0.3, -0.25) is 4.79 Å². The first-order chi connectivity index (χ1) is 9.91. The number of amides is 1. The number of aliphatic hydroxyl groups is 1. The van der Waals surface area contributed by atoms with Crippen LogP contribution in [0.4, 0.5) is 5.69 Å². The summed E-state index contributed by atoms with van der Waals surface area (Å²) < 4.78 is 23.0. The van der Waals surface area contributed by atoms with E-state index in [0.717, 1.165) is 6.26 Å². The minimum absolute atomic E-state index is 0.0885. The zero-order valence-corrected chi connectivity index (χ0v) is 12.2. The Morgan fingerprint density at radius 1 is 1.14 bits per heavy atom. The van der Waals surface area contributed by atoms with Gasteiger partial charge in [-0.25, -0.2) is 8.42 Å². The fourth-order valence-electron chi connectivity index (χ4n) is 1.84. The summed E-state index contributed by atoms with van der Waals surface area (Å²) in [6.07, 6.45) is 1.09. The maximum absolute atomic E-state index is 12.2. The lowest BCUT2D eigenvalue weighted by molar-refractivity contribution is 0.102. The number of hydrogen-bond donors (Lipinski definition) is 2. The van der Waals surface area contributed by atoms with Gasteiger partial charge >= 0.3 is 0 Å². The topological polar surface area (TPSA) is 83.5 Å². The fraction of sp³-hybridized carbons (Fsp3) is 0.133. The summed E-state index contributed by atoms with van der Waals surface area (Å²) in [7, 11) is -3.36. The zero-order valence-electron chi connectivity index (χ0n) is 11.4. The Kier molecular flexibility index (Phi) is 4.40. The number of rotatable bonds is 4. The summed E-state index contributed by atoms with van der Waals surface area (Å²) in [5.74, 6) is -0.429. The monoisotopic (exact) mass is 305 g/mol. The number of nitrogens with one attached hydrogen (secondary N) is 1. The van der Waals surface area contributed by atoms with E-state index in [-0.39, 0.29) is 17.1 Å². The number of aliphatic hydroxyl groups excluding tert-OH is 1. The molecule has 0 aliphatic carbocycles. The SMILES string of the molecule is CS(=O)(=O)c1cccc(C(=O)Nc2ccccc2CO)c1. The van der Waals surface area contributed by atoms with Gasteiger partial charge in [0.15, 0.2) is 9.84 Å². The van der Waals surface area contributed by atoms with Crippen molar-refractivity contribution in [1.29, 1.82) is 0 Å². The van der Waals surface area contributed by atoms with E-state index >= 15 is 0 Å². The lowest BCUT2D eigenvalue weighted by atomic mass is 10.1. The molecule has 2 aromatic rings. The molecule has 0 aromatic heterocycles. The van der Waals surface area contributed by atoms with Crippen molar-refractivity contribution in [3.8, 4) is 0 Å². The van der Waals surface area contributed by atoms with Gasteiger partial charge in [-0.05, 0) is 24.3 Å². The molecule has 110 valence electrons. The molecule has 0 fully saturated rings. The molecule has 0 unspecified atom stereocenters. The largest absolute Gasteiger partial charge is 0.392 e. The van der Waals surface area contributed by atoms with E-state index in [4.69, 9.17) is 0 Å². The second-order valence-corrected chi connectivity index (χ2v) is 6.59. The number of anilines is 1. The van der Waals surface area contributed by atoms with Crippen molar-refractivity contribution in [2.24, 2.45) is 0 Å². The Bertz CT molecular complexity index is 769. The van der Waals surface area contributed by atoms with Crippen molar-refractivity contribution in [3.05, 3.63) is 59.7 Å². The third-order valence-corrected chi connectivity index (χ3v) is 4.07. The average molecular weight is 305 g/mol. The van der Waals surface area contributed by atoms with Gasteiger partial charge in [0.2, 0.25) is 0 Å². The van der Waals surface area contributed by atoms with Crippen molar-refractivity contribution in [2.45, 2.75) is 11.5 Å². The normalized spacial score (nSPS) is 11.1. The number of para-hydroxylation sites is 1. The fourth-order valence-corrected chi connectivity index (χ4v) is 2.51. The third kappa shape index (κ3) is 3.68. The van der Waals surface area contributed by atoms with Gasteiger partial charge < -0.3 is 10.4 Å². The molecule has 1 amide bonds. The standard InChI is InChI=1S/C15H15NO4S/c1-21(19,20)13-7-4-6-11(9-13)15(18)16-14-8-3-2-5-12(14)10-17/h2-9,17H,10H2,1H3,(H,16,18). The molecule has 2 aromatic carbocycles. The van der Waals surface area contributed by atoms with Crippen molar-refractivity contribution in [3.63, 3.8) is 0 Å². The van der Waals surface area contributed by atoms with Crippen LogP contribution in [0, 0.1) is 0 Å². The summed E-state index contributed by atoms with van der Waals surface area (Å²) in [5.41, 5.74) is 1.32. The van der Waals surface area contributed by atoms with Crippen LogP contribution in [0.25, 0.3) is 0 Å². The van der Waals surface area contributed by atoms with Crippen molar-refractivity contribution in [2.75, 3.05) is 11.6 Å². The Balaban J connectivity index is 2.29. The van der Waals surface area contributed by atoms with Crippen LogP contribution >= 0.6 is 0 Å². The van der Waals surface area contributed by atoms with E-state index in [0.29, 0.717) is 11.3 Å². The van der Waals surface area contributed by atoms with Crippen LogP contribution in [0.1, 0.15) is 15.9 Å². The molecule has 0 aliphatic heterocycles. The maximum Gasteiger partial charge on any atom is 0.255 e. The molecule has 2 N–H and O–H groups in total. The smallest absolute Gasteiger partial charge is 0.255 e. The van der Waals surface area contributed by atoms with Crippen LogP contribution in [0.2, 0.25) is 0 Å². The lowest BCUT2D eigenvalue weighted by Crippen LogP contribution is -2.14. The summed E-state index contributed by atoms with van der Waals surface area (Å²) in [5, 5.41) is 11.9. The first-order valence-electron chi connectivity index (χ1n) is 6.22. The molecule has 2 rings (SSSR count). The highest BCUT2D eigenvalue weighted by Crippen LogP contribution is 2.17. The van der Waals surface area contributed by atoms with Crippen molar-refractivity contribution in [1.82, 2.24) is 0 Å². The molecule has 0 saturated carbocycles. The van der Waals surface area contributed by atoms with Gasteiger partial charge in [0.25, 0.3) is 5.91 Å². The highest BCUT2D eigenvalue weighted by atomic mass is 32.2. The molecule has 0 heterocycles. The molecular weight excluding hydrogens is 290 g/mol. The molecule has 0 saturated heterocycles. The van der Waals surface area contributed by atoms with E-state index in [1.807, 2.05) is 0 Å². The molecular formula is C15H15NO4S.